The molecule has 0 saturated carbocycles. The van der Waals surface area contributed by atoms with Gasteiger partial charge in [-0.05, 0) is 17.9 Å². The molecule has 0 unspecified atom stereocenters. The predicted octanol–water partition coefficient (Wildman–Crippen LogP) is 5.08. The summed E-state index contributed by atoms with van der Waals surface area (Å²) in [5.74, 6) is 0. The van der Waals surface area contributed by atoms with Crippen molar-refractivity contribution in [3.8, 4) is 0 Å². The largest absolute Gasteiger partial charge is 0.311 e. The molecular weight excluding hydrogens is 262 g/mol. The number of hydrogen-bond donors (Lipinski definition) is 1. The zero-order valence-corrected chi connectivity index (χ0v) is 12.8. The van der Waals surface area contributed by atoms with Gasteiger partial charge in [-0.2, -0.15) is 0 Å². The number of nitrogens with one attached hydrogen (secondary N) is 1. The maximum Gasteiger partial charge on any atom is 0.0636 e. The fourth-order valence-electron chi connectivity index (χ4n) is 1.82. The Labute approximate surface area is 118 Å². The lowest BCUT2D eigenvalue weighted by molar-refractivity contribution is 0.328. The number of fused-ring (bicyclic) bond motifs is 1. The maximum atomic E-state index is 6.41. The Kier molecular flexibility index (Phi) is 4.31. The van der Waals surface area contributed by atoms with Crippen molar-refractivity contribution < 1.29 is 0 Å². The standard InChI is InChI=1S/C15H20ClNS/c1-4-15(2,3)10-17-9-13-14(16)11-7-5-6-8-12(11)18-13/h5-8,17H,4,9-10H2,1-3H3. The van der Waals surface area contributed by atoms with Gasteiger partial charge in [0.25, 0.3) is 0 Å². The Morgan fingerprint density at radius 3 is 2.67 bits per heavy atom. The average molecular weight is 282 g/mol. The summed E-state index contributed by atoms with van der Waals surface area (Å²) >= 11 is 8.20. The monoisotopic (exact) mass is 281 g/mol. The van der Waals surface area contributed by atoms with Crippen LogP contribution in [0.15, 0.2) is 24.3 Å². The van der Waals surface area contributed by atoms with Crippen LogP contribution in [-0.2, 0) is 6.54 Å². The van der Waals surface area contributed by atoms with Crippen LogP contribution in [-0.4, -0.2) is 6.54 Å². The fourth-order valence-corrected chi connectivity index (χ4v) is 3.29. The average Bonchev–Trinajstić information content (AvgIpc) is 2.67. The first kappa shape index (κ1) is 13.9. The number of hydrogen-bond acceptors (Lipinski definition) is 2. The van der Waals surface area contributed by atoms with E-state index in [1.165, 1.54) is 21.4 Å². The van der Waals surface area contributed by atoms with Crippen LogP contribution in [0.1, 0.15) is 32.1 Å². The van der Waals surface area contributed by atoms with E-state index in [-0.39, 0.29) is 0 Å². The summed E-state index contributed by atoms with van der Waals surface area (Å²) in [6, 6.07) is 8.32. The zero-order valence-electron chi connectivity index (χ0n) is 11.2. The van der Waals surface area contributed by atoms with Gasteiger partial charge in [-0.1, -0.05) is 50.6 Å². The van der Waals surface area contributed by atoms with Crippen molar-refractivity contribution >= 4 is 33.0 Å². The molecule has 18 heavy (non-hydrogen) atoms. The summed E-state index contributed by atoms with van der Waals surface area (Å²) in [7, 11) is 0. The second kappa shape index (κ2) is 5.60. The first-order valence-corrected chi connectivity index (χ1v) is 7.59. The summed E-state index contributed by atoms with van der Waals surface area (Å²) in [5.41, 5.74) is 0.350. The molecule has 0 spiro atoms. The fraction of sp³-hybridized carbons (Fsp3) is 0.467. The molecular formula is C15H20ClNS. The van der Waals surface area contributed by atoms with Crippen LogP contribution in [0.4, 0.5) is 0 Å². The van der Waals surface area contributed by atoms with Crippen LogP contribution >= 0.6 is 22.9 Å². The van der Waals surface area contributed by atoms with Crippen molar-refractivity contribution in [2.45, 2.75) is 33.7 Å². The molecule has 0 aliphatic rings. The molecule has 0 radical (unpaired) electrons. The molecule has 2 rings (SSSR count). The van der Waals surface area contributed by atoms with Crippen molar-refractivity contribution in [1.82, 2.24) is 5.32 Å². The van der Waals surface area contributed by atoms with Crippen LogP contribution in [0.5, 0.6) is 0 Å². The third-order valence-electron chi connectivity index (χ3n) is 3.45. The highest BCUT2D eigenvalue weighted by Crippen LogP contribution is 2.35. The van der Waals surface area contributed by atoms with E-state index < -0.39 is 0 Å². The first-order chi connectivity index (χ1) is 8.53. The van der Waals surface area contributed by atoms with E-state index in [1.807, 2.05) is 6.07 Å². The van der Waals surface area contributed by atoms with Gasteiger partial charge >= 0.3 is 0 Å². The zero-order chi connectivity index (χ0) is 13.2. The highest BCUT2D eigenvalue weighted by Gasteiger charge is 2.15. The van der Waals surface area contributed by atoms with Gasteiger partial charge < -0.3 is 5.32 Å². The van der Waals surface area contributed by atoms with Gasteiger partial charge in [0.1, 0.15) is 0 Å². The molecule has 0 saturated heterocycles. The lowest BCUT2D eigenvalue weighted by atomic mass is 9.90. The number of halogens is 1. The van der Waals surface area contributed by atoms with Crippen molar-refractivity contribution in [3.05, 3.63) is 34.2 Å². The molecule has 0 amide bonds. The first-order valence-electron chi connectivity index (χ1n) is 6.40. The van der Waals surface area contributed by atoms with Crippen LogP contribution in [0.25, 0.3) is 10.1 Å². The van der Waals surface area contributed by atoms with E-state index in [1.54, 1.807) is 11.3 Å². The highest BCUT2D eigenvalue weighted by atomic mass is 35.5. The van der Waals surface area contributed by atoms with Crippen molar-refractivity contribution in [1.29, 1.82) is 0 Å². The van der Waals surface area contributed by atoms with E-state index in [0.29, 0.717) is 5.41 Å². The third-order valence-corrected chi connectivity index (χ3v) is 5.16. The van der Waals surface area contributed by atoms with Gasteiger partial charge in [-0.15, -0.1) is 11.3 Å². The Hall–Kier alpha value is -0.570. The molecule has 1 heterocycles. The molecule has 0 aliphatic heterocycles. The molecule has 1 aromatic carbocycles. The quantitative estimate of drug-likeness (QED) is 0.806. The molecule has 0 atom stereocenters. The van der Waals surface area contributed by atoms with Crippen molar-refractivity contribution in [2.24, 2.45) is 5.41 Å². The minimum atomic E-state index is 0.350. The van der Waals surface area contributed by atoms with Crippen molar-refractivity contribution in [3.63, 3.8) is 0 Å². The van der Waals surface area contributed by atoms with E-state index >= 15 is 0 Å². The lowest BCUT2D eigenvalue weighted by Crippen LogP contribution is -2.28. The van der Waals surface area contributed by atoms with Crippen LogP contribution in [0.2, 0.25) is 5.02 Å². The Balaban J connectivity index is 2.06. The number of benzene rings is 1. The molecule has 3 heteroatoms. The van der Waals surface area contributed by atoms with E-state index in [9.17, 15) is 0 Å². The van der Waals surface area contributed by atoms with E-state index in [4.69, 9.17) is 11.6 Å². The summed E-state index contributed by atoms with van der Waals surface area (Å²) in [5, 5.41) is 5.61. The second-order valence-corrected chi connectivity index (χ2v) is 6.97. The van der Waals surface area contributed by atoms with Gasteiger partial charge in [0.15, 0.2) is 0 Å². The normalized spacial score (nSPS) is 12.2. The predicted molar refractivity (Wildman–Crippen MR) is 82.6 cm³/mol. The third kappa shape index (κ3) is 3.05. The molecule has 98 valence electrons. The molecule has 0 fully saturated rings. The number of rotatable bonds is 5. The molecule has 1 nitrogen and oxygen atoms in total. The van der Waals surface area contributed by atoms with Gasteiger partial charge in [0.05, 0.1) is 5.02 Å². The minimum absolute atomic E-state index is 0.350. The second-order valence-electron chi connectivity index (χ2n) is 5.46. The summed E-state index contributed by atoms with van der Waals surface area (Å²) in [6.07, 6.45) is 1.18. The van der Waals surface area contributed by atoms with Crippen LogP contribution in [0, 0.1) is 5.41 Å². The van der Waals surface area contributed by atoms with E-state index in [2.05, 4.69) is 44.3 Å². The Bertz CT molecular complexity index is 530. The molecule has 0 aliphatic carbocycles. The van der Waals surface area contributed by atoms with Gasteiger partial charge in [0, 0.05) is 28.1 Å². The Morgan fingerprint density at radius 1 is 1.28 bits per heavy atom. The van der Waals surface area contributed by atoms with Crippen LogP contribution < -0.4 is 5.32 Å². The number of thiophene rings is 1. The molecule has 1 aromatic heterocycles. The van der Waals surface area contributed by atoms with Gasteiger partial charge in [-0.3, -0.25) is 0 Å². The van der Waals surface area contributed by atoms with E-state index in [0.717, 1.165) is 18.1 Å². The topological polar surface area (TPSA) is 12.0 Å². The summed E-state index contributed by atoms with van der Waals surface area (Å²) < 4.78 is 1.27. The molecule has 2 aromatic rings. The minimum Gasteiger partial charge on any atom is -0.311 e. The summed E-state index contributed by atoms with van der Waals surface area (Å²) in [4.78, 5) is 1.24. The smallest absolute Gasteiger partial charge is 0.0636 e. The molecule has 1 N–H and O–H groups in total. The lowest BCUT2D eigenvalue weighted by Gasteiger charge is -2.22. The maximum absolute atomic E-state index is 6.41. The van der Waals surface area contributed by atoms with Gasteiger partial charge in [0.2, 0.25) is 0 Å². The van der Waals surface area contributed by atoms with Crippen LogP contribution in [0.3, 0.4) is 0 Å². The van der Waals surface area contributed by atoms with Crippen molar-refractivity contribution in [2.75, 3.05) is 6.54 Å². The Morgan fingerprint density at radius 2 is 2.00 bits per heavy atom. The summed E-state index contributed by atoms with van der Waals surface area (Å²) in [6.45, 7) is 8.68. The SMILES string of the molecule is CCC(C)(C)CNCc1sc2ccccc2c1Cl. The molecule has 0 bridgehead atoms. The highest BCUT2D eigenvalue weighted by molar-refractivity contribution is 7.19. The van der Waals surface area contributed by atoms with Gasteiger partial charge in [-0.25, -0.2) is 0 Å².